The Morgan fingerprint density at radius 2 is 1.10 bits per heavy atom. The first kappa shape index (κ1) is 30.1. The molecular formula is C47H32N4O. The summed E-state index contributed by atoms with van der Waals surface area (Å²) in [4.78, 5) is 19.3. The van der Waals surface area contributed by atoms with Crippen molar-refractivity contribution < 1.29 is 4.42 Å². The van der Waals surface area contributed by atoms with E-state index in [4.69, 9.17) is 19.4 Å². The van der Waals surface area contributed by atoms with Gasteiger partial charge in [0.05, 0.1) is 0 Å². The molecule has 5 heteroatoms. The Bertz CT molecular complexity index is 2800. The second-order valence-electron chi connectivity index (χ2n) is 13.9. The van der Waals surface area contributed by atoms with Crippen molar-refractivity contribution in [3.05, 3.63) is 169 Å². The molecule has 1 aliphatic carbocycles. The molecule has 3 heterocycles. The van der Waals surface area contributed by atoms with Crippen LogP contribution in [-0.2, 0) is 5.41 Å². The van der Waals surface area contributed by atoms with E-state index in [0.717, 1.165) is 60.9 Å². The maximum Gasteiger partial charge on any atom is 0.164 e. The lowest BCUT2D eigenvalue weighted by atomic mass is 9.81. The lowest BCUT2D eigenvalue weighted by Gasteiger charge is -2.22. The minimum absolute atomic E-state index is 0.189. The van der Waals surface area contributed by atoms with Crippen molar-refractivity contribution >= 4 is 21.9 Å². The van der Waals surface area contributed by atoms with Gasteiger partial charge in [-0.25, -0.2) is 15.0 Å². The third kappa shape index (κ3) is 4.85. The van der Waals surface area contributed by atoms with E-state index in [1.807, 2.05) is 48.7 Å². The first-order chi connectivity index (χ1) is 25.5. The van der Waals surface area contributed by atoms with Gasteiger partial charge in [0.2, 0.25) is 0 Å². The van der Waals surface area contributed by atoms with Gasteiger partial charge in [0.15, 0.2) is 17.5 Å². The number of pyridine rings is 1. The van der Waals surface area contributed by atoms with E-state index in [2.05, 4.69) is 122 Å². The van der Waals surface area contributed by atoms with Crippen LogP contribution in [0.25, 0.3) is 89.5 Å². The molecule has 10 rings (SSSR count). The summed E-state index contributed by atoms with van der Waals surface area (Å²) in [5.41, 5.74) is 13.9. The lowest BCUT2D eigenvalue weighted by molar-refractivity contribution is 0.653. The molecule has 52 heavy (non-hydrogen) atoms. The van der Waals surface area contributed by atoms with Crippen LogP contribution in [-0.4, -0.2) is 19.9 Å². The Labute approximate surface area is 301 Å². The first-order valence-electron chi connectivity index (χ1n) is 17.5. The summed E-state index contributed by atoms with van der Waals surface area (Å²) >= 11 is 0. The molecule has 9 aromatic rings. The van der Waals surface area contributed by atoms with Gasteiger partial charge in [0.25, 0.3) is 0 Å². The number of hydrogen-bond acceptors (Lipinski definition) is 5. The monoisotopic (exact) mass is 668 g/mol. The number of rotatable bonds is 5. The molecule has 0 atom stereocenters. The minimum Gasteiger partial charge on any atom is -0.455 e. The van der Waals surface area contributed by atoms with E-state index in [-0.39, 0.29) is 5.41 Å². The van der Waals surface area contributed by atoms with Crippen molar-refractivity contribution in [3.63, 3.8) is 0 Å². The van der Waals surface area contributed by atoms with Crippen LogP contribution in [0.1, 0.15) is 25.0 Å². The topological polar surface area (TPSA) is 64.7 Å². The SMILES string of the molecule is CC1(C)c2cc(-c3cccc(-c4nc(-c5ccccc5)nc(-c5ccc(-c6cccnc6)cc5)n4)c3)ccc2-c2c1ccc1c2oc2ccccc21. The Morgan fingerprint density at radius 1 is 0.462 bits per heavy atom. The molecular weight excluding hydrogens is 637 g/mol. The predicted octanol–water partition coefficient (Wildman–Crippen LogP) is 11.8. The number of hydrogen-bond donors (Lipinski definition) is 0. The van der Waals surface area contributed by atoms with Crippen LogP contribution in [0.5, 0.6) is 0 Å². The summed E-state index contributed by atoms with van der Waals surface area (Å²) in [6.07, 6.45) is 3.66. The average molecular weight is 669 g/mol. The minimum atomic E-state index is -0.189. The summed E-state index contributed by atoms with van der Waals surface area (Å²) in [6.45, 7) is 4.63. The predicted molar refractivity (Wildman–Crippen MR) is 210 cm³/mol. The molecule has 0 amide bonds. The zero-order chi connectivity index (χ0) is 34.8. The number of nitrogens with zero attached hydrogens (tertiary/aromatic N) is 4. The standard InChI is InChI=1S/C47H32N4O/c1-47(2)39-24-23-37-36-15-6-7-16-41(36)52-43(37)42(39)38-22-21-33(27-40(38)47)32-12-8-13-34(26-32)46-50-44(30-10-4-3-5-11-30)49-45(51-46)31-19-17-29(18-20-31)35-14-9-25-48-28-35/h3-28H,1-2H3. The largest absolute Gasteiger partial charge is 0.455 e. The molecule has 0 saturated carbocycles. The van der Waals surface area contributed by atoms with Gasteiger partial charge in [-0.15, -0.1) is 0 Å². The first-order valence-corrected chi connectivity index (χ1v) is 17.5. The van der Waals surface area contributed by atoms with Gasteiger partial charge in [0.1, 0.15) is 11.2 Å². The molecule has 1 aliphatic rings. The van der Waals surface area contributed by atoms with E-state index in [1.54, 1.807) is 6.20 Å². The number of benzene rings is 6. The molecule has 0 fully saturated rings. The Hall–Kier alpha value is -6.72. The second kappa shape index (κ2) is 11.7. The molecule has 0 unspecified atom stereocenters. The molecule has 0 bridgehead atoms. The highest BCUT2D eigenvalue weighted by atomic mass is 16.3. The van der Waals surface area contributed by atoms with E-state index in [1.165, 1.54) is 22.3 Å². The fourth-order valence-electron chi connectivity index (χ4n) is 7.71. The Kier molecular flexibility index (Phi) is 6.77. The van der Waals surface area contributed by atoms with Crippen molar-refractivity contribution in [1.29, 1.82) is 0 Å². The van der Waals surface area contributed by atoms with Gasteiger partial charge in [-0.1, -0.05) is 135 Å². The van der Waals surface area contributed by atoms with Gasteiger partial charge in [-0.05, 0) is 63.2 Å². The molecule has 0 radical (unpaired) electrons. The smallest absolute Gasteiger partial charge is 0.164 e. The van der Waals surface area contributed by atoms with Crippen molar-refractivity contribution in [2.45, 2.75) is 19.3 Å². The maximum atomic E-state index is 6.51. The van der Waals surface area contributed by atoms with Gasteiger partial charge in [-0.2, -0.15) is 0 Å². The van der Waals surface area contributed by atoms with E-state index in [9.17, 15) is 0 Å². The fraction of sp³-hybridized carbons (Fsp3) is 0.0638. The molecule has 5 nitrogen and oxygen atoms in total. The van der Waals surface area contributed by atoms with Gasteiger partial charge < -0.3 is 4.42 Å². The van der Waals surface area contributed by atoms with Gasteiger partial charge in [-0.3, -0.25) is 4.98 Å². The molecule has 246 valence electrons. The van der Waals surface area contributed by atoms with E-state index < -0.39 is 0 Å². The fourth-order valence-corrected chi connectivity index (χ4v) is 7.71. The molecule has 0 spiro atoms. The molecule has 0 saturated heterocycles. The van der Waals surface area contributed by atoms with Crippen molar-refractivity contribution in [2.24, 2.45) is 0 Å². The van der Waals surface area contributed by atoms with Crippen LogP contribution in [0.3, 0.4) is 0 Å². The summed E-state index contributed by atoms with van der Waals surface area (Å²) < 4.78 is 6.51. The Morgan fingerprint density at radius 3 is 1.88 bits per heavy atom. The molecule has 0 aliphatic heterocycles. The molecule has 3 aromatic heterocycles. The average Bonchev–Trinajstić information content (AvgIpc) is 3.70. The third-order valence-corrected chi connectivity index (χ3v) is 10.4. The van der Waals surface area contributed by atoms with Crippen molar-refractivity contribution in [1.82, 2.24) is 19.9 Å². The highest BCUT2D eigenvalue weighted by Gasteiger charge is 2.38. The van der Waals surface area contributed by atoms with Crippen LogP contribution < -0.4 is 0 Å². The summed E-state index contributed by atoms with van der Waals surface area (Å²) in [5, 5.41) is 2.31. The molecule has 0 N–H and O–H groups in total. The highest BCUT2D eigenvalue weighted by Crippen LogP contribution is 2.53. The van der Waals surface area contributed by atoms with E-state index >= 15 is 0 Å². The zero-order valence-electron chi connectivity index (χ0n) is 28.7. The van der Waals surface area contributed by atoms with Gasteiger partial charge >= 0.3 is 0 Å². The maximum absolute atomic E-state index is 6.51. The van der Waals surface area contributed by atoms with Crippen LogP contribution in [0.15, 0.2) is 162 Å². The van der Waals surface area contributed by atoms with Crippen LogP contribution in [0.4, 0.5) is 0 Å². The second-order valence-corrected chi connectivity index (χ2v) is 13.9. The van der Waals surface area contributed by atoms with Gasteiger partial charge in [0, 0.05) is 50.8 Å². The highest BCUT2D eigenvalue weighted by molar-refractivity contribution is 6.11. The Balaban J connectivity index is 1.06. The molecule has 6 aromatic carbocycles. The quantitative estimate of drug-likeness (QED) is 0.183. The van der Waals surface area contributed by atoms with Crippen LogP contribution in [0, 0.1) is 0 Å². The number of fused-ring (bicyclic) bond motifs is 7. The lowest BCUT2D eigenvalue weighted by Crippen LogP contribution is -2.14. The van der Waals surface area contributed by atoms with Crippen LogP contribution in [0.2, 0.25) is 0 Å². The number of aromatic nitrogens is 4. The third-order valence-electron chi connectivity index (χ3n) is 10.4. The summed E-state index contributed by atoms with van der Waals surface area (Å²) in [5.74, 6) is 1.89. The number of para-hydroxylation sites is 1. The summed E-state index contributed by atoms with van der Waals surface area (Å²) in [6, 6.07) is 50.6. The zero-order valence-corrected chi connectivity index (χ0v) is 28.7. The normalized spacial score (nSPS) is 13.0. The number of furan rings is 1. The van der Waals surface area contributed by atoms with E-state index in [0.29, 0.717) is 17.5 Å². The van der Waals surface area contributed by atoms with Crippen molar-refractivity contribution in [2.75, 3.05) is 0 Å². The van der Waals surface area contributed by atoms with Crippen LogP contribution >= 0.6 is 0 Å². The summed E-state index contributed by atoms with van der Waals surface area (Å²) in [7, 11) is 0. The van der Waals surface area contributed by atoms with Crippen molar-refractivity contribution in [3.8, 4) is 67.5 Å².